The highest BCUT2D eigenvalue weighted by Crippen LogP contribution is 2.25. The second-order valence-electron chi connectivity index (χ2n) is 7.37. The third-order valence-corrected chi connectivity index (χ3v) is 5.63. The molecule has 6 heteroatoms. The van der Waals surface area contributed by atoms with Crippen LogP contribution >= 0.6 is 0 Å². The van der Waals surface area contributed by atoms with E-state index in [1.807, 2.05) is 13.0 Å². The van der Waals surface area contributed by atoms with E-state index in [4.69, 9.17) is 4.74 Å². The molecular formula is C21H31N3O3. The van der Waals surface area contributed by atoms with Crippen molar-refractivity contribution >= 4 is 12.0 Å². The van der Waals surface area contributed by atoms with Crippen LogP contribution in [-0.4, -0.2) is 61.1 Å². The lowest BCUT2D eigenvalue weighted by Gasteiger charge is -2.32. The molecule has 2 saturated heterocycles. The van der Waals surface area contributed by atoms with Gasteiger partial charge in [0, 0.05) is 25.6 Å². The van der Waals surface area contributed by atoms with Crippen LogP contribution in [0.25, 0.3) is 0 Å². The molecular weight excluding hydrogens is 342 g/mol. The monoisotopic (exact) mass is 373 g/mol. The normalized spacial score (nSPS) is 19.7. The molecule has 1 N–H and O–H groups in total. The number of nitrogens with zero attached hydrogens (tertiary/aromatic N) is 2. The van der Waals surface area contributed by atoms with Crippen molar-refractivity contribution < 1.29 is 14.3 Å². The van der Waals surface area contributed by atoms with Crippen molar-refractivity contribution in [1.82, 2.24) is 15.1 Å². The van der Waals surface area contributed by atoms with E-state index in [0.717, 1.165) is 13.1 Å². The number of ether oxygens (including phenoxy) is 1. The number of piperidine rings is 1. The van der Waals surface area contributed by atoms with Crippen LogP contribution in [0.5, 0.6) is 0 Å². The number of hydrogen-bond acceptors (Lipinski definition) is 4. The minimum atomic E-state index is -0.269. The van der Waals surface area contributed by atoms with E-state index in [2.05, 4.69) is 34.5 Å². The van der Waals surface area contributed by atoms with E-state index in [1.54, 1.807) is 4.90 Å². The van der Waals surface area contributed by atoms with Crippen LogP contribution < -0.4 is 5.32 Å². The standard InChI is InChI=1S/C21H31N3O3/c1-2-27-21(26)24-14-10-18(11-15-24)20(25)22-16-19(23-12-6-7-13-23)17-8-4-3-5-9-17/h3-5,8-9,18-19H,2,6-7,10-16H2,1H3,(H,22,25). The van der Waals surface area contributed by atoms with Gasteiger partial charge in [-0.05, 0) is 51.3 Å². The fourth-order valence-corrected chi connectivity index (χ4v) is 4.07. The van der Waals surface area contributed by atoms with Gasteiger partial charge in [-0.15, -0.1) is 0 Å². The van der Waals surface area contributed by atoms with Gasteiger partial charge in [0.15, 0.2) is 0 Å². The van der Waals surface area contributed by atoms with Crippen molar-refractivity contribution in [1.29, 1.82) is 0 Å². The Labute approximate surface area is 161 Å². The van der Waals surface area contributed by atoms with E-state index in [-0.39, 0.29) is 24.0 Å². The Bertz CT molecular complexity index is 608. The number of hydrogen-bond donors (Lipinski definition) is 1. The quantitative estimate of drug-likeness (QED) is 0.833. The van der Waals surface area contributed by atoms with Crippen LogP contribution in [0.1, 0.15) is 44.2 Å². The molecule has 2 heterocycles. The Morgan fingerprint density at radius 3 is 2.41 bits per heavy atom. The van der Waals surface area contributed by atoms with Gasteiger partial charge < -0.3 is 15.0 Å². The van der Waals surface area contributed by atoms with Gasteiger partial charge in [-0.3, -0.25) is 9.69 Å². The van der Waals surface area contributed by atoms with Crippen LogP contribution in [0.3, 0.4) is 0 Å². The van der Waals surface area contributed by atoms with E-state index in [0.29, 0.717) is 39.1 Å². The number of amides is 2. The fraction of sp³-hybridized carbons (Fsp3) is 0.619. The molecule has 3 rings (SSSR count). The highest BCUT2D eigenvalue weighted by molar-refractivity contribution is 5.79. The first-order valence-corrected chi connectivity index (χ1v) is 10.2. The molecule has 0 aliphatic carbocycles. The van der Waals surface area contributed by atoms with E-state index >= 15 is 0 Å². The van der Waals surface area contributed by atoms with Gasteiger partial charge in [-0.2, -0.15) is 0 Å². The van der Waals surface area contributed by atoms with Crippen molar-refractivity contribution in [2.75, 3.05) is 39.3 Å². The van der Waals surface area contributed by atoms with E-state index < -0.39 is 0 Å². The second-order valence-corrected chi connectivity index (χ2v) is 7.37. The number of rotatable bonds is 6. The molecule has 1 atom stereocenters. The molecule has 2 amide bonds. The number of carbonyl (C=O) groups excluding carboxylic acids is 2. The molecule has 1 aromatic rings. The number of likely N-dealkylation sites (tertiary alicyclic amines) is 2. The Kier molecular flexibility index (Phi) is 7.10. The first-order chi connectivity index (χ1) is 13.2. The summed E-state index contributed by atoms with van der Waals surface area (Å²) in [5, 5.41) is 3.18. The van der Waals surface area contributed by atoms with Crippen LogP contribution in [-0.2, 0) is 9.53 Å². The number of benzene rings is 1. The molecule has 1 unspecified atom stereocenters. The fourth-order valence-electron chi connectivity index (χ4n) is 4.07. The predicted molar refractivity (Wildman–Crippen MR) is 104 cm³/mol. The Morgan fingerprint density at radius 1 is 1.11 bits per heavy atom. The zero-order valence-corrected chi connectivity index (χ0v) is 16.2. The van der Waals surface area contributed by atoms with Gasteiger partial charge >= 0.3 is 6.09 Å². The maximum Gasteiger partial charge on any atom is 0.409 e. The van der Waals surface area contributed by atoms with Gasteiger partial charge in [0.2, 0.25) is 5.91 Å². The Balaban J connectivity index is 1.52. The molecule has 0 saturated carbocycles. The summed E-state index contributed by atoms with van der Waals surface area (Å²) < 4.78 is 5.04. The highest BCUT2D eigenvalue weighted by atomic mass is 16.6. The summed E-state index contributed by atoms with van der Waals surface area (Å²) in [5.41, 5.74) is 1.26. The summed E-state index contributed by atoms with van der Waals surface area (Å²) >= 11 is 0. The Morgan fingerprint density at radius 2 is 1.78 bits per heavy atom. The third kappa shape index (κ3) is 5.22. The van der Waals surface area contributed by atoms with E-state index in [9.17, 15) is 9.59 Å². The van der Waals surface area contributed by atoms with E-state index in [1.165, 1.54) is 18.4 Å². The molecule has 2 aliphatic heterocycles. The van der Waals surface area contributed by atoms with Crippen LogP contribution in [0.4, 0.5) is 4.79 Å². The molecule has 2 fully saturated rings. The van der Waals surface area contributed by atoms with Crippen molar-refractivity contribution in [3.63, 3.8) is 0 Å². The molecule has 0 spiro atoms. The van der Waals surface area contributed by atoms with Crippen molar-refractivity contribution in [3.05, 3.63) is 35.9 Å². The first-order valence-electron chi connectivity index (χ1n) is 10.2. The lowest BCUT2D eigenvalue weighted by Crippen LogP contribution is -2.45. The Hall–Kier alpha value is -2.08. The predicted octanol–water partition coefficient (Wildman–Crippen LogP) is 2.81. The maximum atomic E-state index is 12.7. The lowest BCUT2D eigenvalue weighted by molar-refractivity contribution is -0.126. The maximum absolute atomic E-state index is 12.7. The molecule has 0 bridgehead atoms. The molecule has 0 radical (unpaired) electrons. The minimum Gasteiger partial charge on any atom is -0.450 e. The lowest BCUT2D eigenvalue weighted by atomic mass is 9.96. The van der Waals surface area contributed by atoms with Crippen molar-refractivity contribution in [3.8, 4) is 0 Å². The average Bonchev–Trinajstić information content (AvgIpc) is 3.23. The van der Waals surface area contributed by atoms with Crippen LogP contribution in [0.15, 0.2) is 30.3 Å². The third-order valence-electron chi connectivity index (χ3n) is 5.63. The van der Waals surface area contributed by atoms with Gasteiger partial charge in [0.05, 0.1) is 12.6 Å². The molecule has 0 aromatic heterocycles. The van der Waals surface area contributed by atoms with Crippen molar-refractivity contribution in [2.24, 2.45) is 5.92 Å². The number of nitrogens with one attached hydrogen (secondary N) is 1. The molecule has 6 nitrogen and oxygen atoms in total. The largest absolute Gasteiger partial charge is 0.450 e. The molecule has 1 aromatic carbocycles. The first kappa shape index (κ1) is 19.7. The second kappa shape index (κ2) is 9.74. The summed E-state index contributed by atoms with van der Waals surface area (Å²) in [5.74, 6) is 0.0873. The van der Waals surface area contributed by atoms with Gasteiger partial charge in [0.1, 0.15) is 0 Å². The van der Waals surface area contributed by atoms with Crippen LogP contribution in [0, 0.1) is 5.92 Å². The number of carbonyl (C=O) groups is 2. The zero-order valence-electron chi connectivity index (χ0n) is 16.2. The van der Waals surface area contributed by atoms with Gasteiger partial charge in [0.25, 0.3) is 0 Å². The average molecular weight is 373 g/mol. The smallest absolute Gasteiger partial charge is 0.409 e. The summed E-state index contributed by atoms with van der Waals surface area (Å²) in [6, 6.07) is 10.7. The summed E-state index contributed by atoms with van der Waals surface area (Å²) in [7, 11) is 0. The van der Waals surface area contributed by atoms with Crippen LogP contribution in [0.2, 0.25) is 0 Å². The SMILES string of the molecule is CCOC(=O)N1CCC(C(=O)NCC(c2ccccc2)N2CCCC2)CC1. The topological polar surface area (TPSA) is 61.9 Å². The summed E-state index contributed by atoms with van der Waals surface area (Å²) in [6.07, 6.45) is 3.58. The van der Waals surface area contributed by atoms with Crippen molar-refractivity contribution in [2.45, 2.75) is 38.6 Å². The summed E-state index contributed by atoms with van der Waals surface area (Å²) in [4.78, 5) is 28.6. The summed E-state index contributed by atoms with van der Waals surface area (Å²) in [6.45, 7) is 6.19. The molecule has 148 valence electrons. The molecule has 2 aliphatic rings. The minimum absolute atomic E-state index is 0.0225. The zero-order chi connectivity index (χ0) is 19.1. The highest BCUT2D eigenvalue weighted by Gasteiger charge is 2.29. The van der Waals surface area contributed by atoms with Gasteiger partial charge in [-0.25, -0.2) is 4.79 Å². The molecule has 27 heavy (non-hydrogen) atoms. The van der Waals surface area contributed by atoms with Gasteiger partial charge in [-0.1, -0.05) is 30.3 Å².